The number of aromatic carboxylic acids is 1. The molecule has 2 heterocycles. The summed E-state index contributed by atoms with van der Waals surface area (Å²) in [5.74, 6) is -1.16. The van der Waals surface area contributed by atoms with E-state index in [-0.39, 0.29) is 10.3 Å². The lowest BCUT2D eigenvalue weighted by molar-refractivity contribution is 0.0702. The van der Waals surface area contributed by atoms with E-state index in [2.05, 4.69) is 5.10 Å². The molecule has 0 saturated heterocycles. The molecule has 0 unspecified atom stereocenters. The highest BCUT2D eigenvalue weighted by molar-refractivity contribution is 7.20. The van der Waals surface area contributed by atoms with E-state index < -0.39 is 18.1 Å². The second-order valence-electron chi connectivity index (χ2n) is 4.18. The second-order valence-corrected chi connectivity index (χ2v) is 5.62. The summed E-state index contributed by atoms with van der Waals surface area (Å²) in [4.78, 5) is 11.3. The number of hydrogen-bond donors (Lipinski definition) is 1. The van der Waals surface area contributed by atoms with Crippen molar-refractivity contribution in [1.82, 2.24) is 9.78 Å². The van der Waals surface area contributed by atoms with Gasteiger partial charge in [-0.2, -0.15) is 5.10 Å². The number of fused-ring (bicyclic) bond motifs is 1. The maximum absolute atomic E-state index is 13.1. The molecule has 3 aromatic rings. The average Bonchev–Trinajstić information content (AvgIpc) is 2.98. The van der Waals surface area contributed by atoms with Crippen LogP contribution in [0.25, 0.3) is 15.9 Å². The van der Waals surface area contributed by atoms with Crippen LogP contribution in [0.1, 0.15) is 21.8 Å². The van der Waals surface area contributed by atoms with E-state index in [1.807, 2.05) is 0 Å². The van der Waals surface area contributed by atoms with Crippen molar-refractivity contribution in [2.24, 2.45) is 0 Å². The van der Waals surface area contributed by atoms with Crippen LogP contribution in [0.2, 0.25) is 5.02 Å². The van der Waals surface area contributed by atoms with Crippen molar-refractivity contribution in [3.8, 4) is 5.69 Å². The molecule has 0 saturated carbocycles. The standard InChI is InChI=1S/C13H7ClF2N2O2S/c14-7-3-1-2-4-8(7)18-12-6(10(17-18)11(15)16)5-9(21-12)13(19)20/h1-5,11H,(H,19,20). The highest BCUT2D eigenvalue weighted by atomic mass is 35.5. The Morgan fingerprint density at radius 3 is 2.71 bits per heavy atom. The SMILES string of the molecule is O=C(O)c1cc2c(C(F)F)nn(-c3ccccc3Cl)c2s1. The zero-order valence-electron chi connectivity index (χ0n) is 10.3. The zero-order chi connectivity index (χ0) is 15.1. The maximum Gasteiger partial charge on any atom is 0.345 e. The highest BCUT2D eigenvalue weighted by Crippen LogP contribution is 2.36. The van der Waals surface area contributed by atoms with Crippen LogP contribution in [0, 0.1) is 0 Å². The minimum Gasteiger partial charge on any atom is -0.477 e. The smallest absolute Gasteiger partial charge is 0.345 e. The van der Waals surface area contributed by atoms with Crippen molar-refractivity contribution in [3.63, 3.8) is 0 Å². The van der Waals surface area contributed by atoms with Gasteiger partial charge in [-0.05, 0) is 18.2 Å². The number of halogens is 3. The van der Waals surface area contributed by atoms with E-state index in [0.29, 0.717) is 15.5 Å². The van der Waals surface area contributed by atoms with Crippen LogP contribution < -0.4 is 0 Å². The van der Waals surface area contributed by atoms with Gasteiger partial charge in [0.2, 0.25) is 0 Å². The van der Waals surface area contributed by atoms with E-state index in [4.69, 9.17) is 16.7 Å². The Hall–Kier alpha value is -1.99. The molecule has 0 fully saturated rings. The number of carbonyl (C=O) groups is 1. The molecule has 0 radical (unpaired) electrons. The van der Waals surface area contributed by atoms with Crippen molar-refractivity contribution >= 4 is 39.1 Å². The summed E-state index contributed by atoms with van der Waals surface area (Å²) >= 11 is 6.94. The number of nitrogens with zero attached hydrogens (tertiary/aromatic N) is 2. The fourth-order valence-corrected chi connectivity index (χ4v) is 3.17. The Balaban J connectivity index is 2.32. The van der Waals surface area contributed by atoms with Crippen molar-refractivity contribution in [3.05, 3.63) is 45.9 Å². The van der Waals surface area contributed by atoms with Crippen LogP contribution in [0.3, 0.4) is 0 Å². The van der Waals surface area contributed by atoms with Gasteiger partial charge in [0.1, 0.15) is 15.4 Å². The third-order valence-electron chi connectivity index (χ3n) is 2.89. The molecular weight excluding hydrogens is 322 g/mol. The predicted octanol–water partition coefficient (Wildman–Crippen LogP) is 4.38. The Bertz CT molecular complexity index is 844. The summed E-state index contributed by atoms with van der Waals surface area (Å²) in [5, 5.41) is 13.4. The van der Waals surface area contributed by atoms with Crippen LogP contribution in [-0.2, 0) is 0 Å². The van der Waals surface area contributed by atoms with Gasteiger partial charge in [0.15, 0.2) is 0 Å². The van der Waals surface area contributed by atoms with Gasteiger partial charge in [-0.15, -0.1) is 11.3 Å². The fraction of sp³-hybridized carbons (Fsp3) is 0.0769. The number of carboxylic acid groups (broad SMARTS) is 1. The summed E-state index contributed by atoms with van der Waals surface area (Å²) in [6, 6.07) is 7.85. The fourth-order valence-electron chi connectivity index (χ4n) is 1.98. The number of para-hydroxylation sites is 1. The van der Waals surface area contributed by atoms with Crippen molar-refractivity contribution in [2.45, 2.75) is 6.43 Å². The zero-order valence-corrected chi connectivity index (χ0v) is 11.8. The second kappa shape index (κ2) is 5.09. The lowest BCUT2D eigenvalue weighted by Gasteiger charge is -2.04. The summed E-state index contributed by atoms with van der Waals surface area (Å²) in [7, 11) is 0. The van der Waals surface area contributed by atoms with E-state index in [1.54, 1.807) is 24.3 Å². The van der Waals surface area contributed by atoms with Gasteiger partial charge in [0.25, 0.3) is 6.43 Å². The minimum absolute atomic E-state index is 0.0231. The molecule has 0 aliphatic carbocycles. The summed E-state index contributed by atoms with van der Waals surface area (Å²) in [5.41, 5.74) is -0.0245. The first-order chi connectivity index (χ1) is 9.99. The van der Waals surface area contributed by atoms with Gasteiger partial charge >= 0.3 is 5.97 Å². The number of carboxylic acids is 1. The Morgan fingerprint density at radius 2 is 2.10 bits per heavy atom. The topological polar surface area (TPSA) is 55.1 Å². The van der Waals surface area contributed by atoms with Gasteiger partial charge in [-0.1, -0.05) is 23.7 Å². The first-order valence-electron chi connectivity index (χ1n) is 5.78. The lowest BCUT2D eigenvalue weighted by Crippen LogP contribution is -1.98. The molecule has 0 aliphatic heterocycles. The summed E-state index contributed by atoms with van der Waals surface area (Å²) < 4.78 is 27.4. The van der Waals surface area contributed by atoms with Crippen LogP contribution >= 0.6 is 22.9 Å². The van der Waals surface area contributed by atoms with Crippen LogP contribution in [0.4, 0.5) is 8.78 Å². The molecule has 0 spiro atoms. The molecule has 0 bridgehead atoms. The van der Waals surface area contributed by atoms with Gasteiger partial charge in [0.05, 0.1) is 10.7 Å². The number of aromatic nitrogens is 2. The molecule has 21 heavy (non-hydrogen) atoms. The van der Waals surface area contributed by atoms with Gasteiger partial charge in [-0.3, -0.25) is 0 Å². The first-order valence-corrected chi connectivity index (χ1v) is 6.97. The van der Waals surface area contributed by atoms with E-state index in [9.17, 15) is 13.6 Å². The molecule has 108 valence electrons. The molecule has 2 aromatic heterocycles. The van der Waals surface area contributed by atoms with E-state index in [1.165, 1.54) is 10.7 Å². The molecule has 1 N–H and O–H groups in total. The van der Waals surface area contributed by atoms with E-state index in [0.717, 1.165) is 11.3 Å². The van der Waals surface area contributed by atoms with Crippen molar-refractivity contribution in [2.75, 3.05) is 0 Å². The van der Waals surface area contributed by atoms with E-state index >= 15 is 0 Å². The monoisotopic (exact) mass is 328 g/mol. The number of thiophene rings is 1. The maximum atomic E-state index is 13.1. The third-order valence-corrected chi connectivity index (χ3v) is 4.30. The normalized spacial score (nSPS) is 11.4. The Morgan fingerprint density at radius 1 is 1.38 bits per heavy atom. The molecule has 0 amide bonds. The molecular formula is C13H7ClF2N2O2S. The molecule has 8 heteroatoms. The third kappa shape index (κ3) is 2.28. The molecule has 0 atom stereocenters. The quantitative estimate of drug-likeness (QED) is 0.776. The molecule has 0 aliphatic rings. The number of benzene rings is 1. The van der Waals surface area contributed by atoms with Gasteiger partial charge < -0.3 is 5.11 Å². The Labute approximate surface area is 126 Å². The van der Waals surface area contributed by atoms with Crippen molar-refractivity contribution < 1.29 is 18.7 Å². The number of hydrogen-bond acceptors (Lipinski definition) is 3. The predicted molar refractivity (Wildman–Crippen MR) is 75.9 cm³/mol. The molecule has 4 nitrogen and oxygen atoms in total. The minimum atomic E-state index is -2.80. The van der Waals surface area contributed by atoms with Crippen LogP contribution in [-0.4, -0.2) is 20.9 Å². The molecule has 3 rings (SSSR count). The van der Waals surface area contributed by atoms with Gasteiger partial charge in [-0.25, -0.2) is 18.3 Å². The number of rotatable bonds is 3. The largest absolute Gasteiger partial charge is 0.477 e. The van der Waals surface area contributed by atoms with Crippen LogP contribution in [0.5, 0.6) is 0 Å². The Kier molecular flexibility index (Phi) is 3.38. The first kappa shape index (κ1) is 14.0. The van der Waals surface area contributed by atoms with Crippen LogP contribution in [0.15, 0.2) is 30.3 Å². The molecule has 1 aromatic carbocycles. The van der Waals surface area contributed by atoms with Gasteiger partial charge in [0, 0.05) is 5.39 Å². The average molecular weight is 329 g/mol. The number of alkyl halides is 2. The lowest BCUT2D eigenvalue weighted by atomic mass is 10.3. The summed E-state index contributed by atoms with van der Waals surface area (Å²) in [6.45, 7) is 0. The highest BCUT2D eigenvalue weighted by Gasteiger charge is 2.24. The summed E-state index contributed by atoms with van der Waals surface area (Å²) in [6.07, 6.45) is -2.80. The van der Waals surface area contributed by atoms with Crippen molar-refractivity contribution in [1.29, 1.82) is 0 Å².